The minimum atomic E-state index is -0.209. The Balaban J connectivity index is 1.96. The van der Waals surface area contributed by atoms with Gasteiger partial charge in [0, 0.05) is 25.4 Å². The monoisotopic (exact) mass is 261 g/mol. The van der Waals surface area contributed by atoms with Gasteiger partial charge in [-0.1, -0.05) is 30.3 Å². The highest BCUT2D eigenvalue weighted by Gasteiger charge is 2.30. The van der Waals surface area contributed by atoms with E-state index in [2.05, 4.69) is 4.74 Å². The fourth-order valence-electron chi connectivity index (χ4n) is 2.48. The molecule has 1 atom stereocenters. The first kappa shape index (κ1) is 13.6. The molecule has 4 heteroatoms. The second-order valence-corrected chi connectivity index (χ2v) is 4.81. The maximum Gasteiger partial charge on any atom is 0.305 e. The normalized spacial score (nSPS) is 18.7. The van der Waals surface area contributed by atoms with Crippen LogP contribution < -0.4 is 0 Å². The Labute approximate surface area is 113 Å². The van der Waals surface area contributed by atoms with Crippen molar-refractivity contribution in [2.75, 3.05) is 7.11 Å². The number of amides is 1. The van der Waals surface area contributed by atoms with Crippen molar-refractivity contribution < 1.29 is 14.3 Å². The van der Waals surface area contributed by atoms with Gasteiger partial charge in [-0.2, -0.15) is 0 Å². The number of nitrogens with zero attached hydrogens (tertiary/aromatic N) is 1. The largest absolute Gasteiger partial charge is 0.469 e. The van der Waals surface area contributed by atoms with Crippen LogP contribution in [0.25, 0.3) is 0 Å². The maximum atomic E-state index is 11.9. The van der Waals surface area contributed by atoms with Crippen molar-refractivity contribution in [3.8, 4) is 0 Å². The van der Waals surface area contributed by atoms with Crippen LogP contribution in [0.1, 0.15) is 31.2 Å². The van der Waals surface area contributed by atoms with Gasteiger partial charge in [-0.05, 0) is 18.4 Å². The topological polar surface area (TPSA) is 46.6 Å². The number of benzene rings is 1. The van der Waals surface area contributed by atoms with Crippen molar-refractivity contribution in [1.29, 1.82) is 0 Å². The summed E-state index contributed by atoms with van der Waals surface area (Å²) in [5, 5.41) is 0. The molecule has 4 nitrogen and oxygen atoms in total. The van der Waals surface area contributed by atoms with E-state index < -0.39 is 0 Å². The van der Waals surface area contributed by atoms with Crippen molar-refractivity contribution in [1.82, 2.24) is 4.90 Å². The summed E-state index contributed by atoms with van der Waals surface area (Å²) in [5.74, 6) is -0.0299. The van der Waals surface area contributed by atoms with E-state index in [1.807, 2.05) is 35.2 Å². The lowest BCUT2D eigenvalue weighted by atomic mass is 10.1. The van der Waals surface area contributed by atoms with Gasteiger partial charge < -0.3 is 9.64 Å². The molecule has 1 amide bonds. The molecule has 1 heterocycles. The number of hydrogen-bond acceptors (Lipinski definition) is 3. The molecule has 1 saturated heterocycles. The van der Waals surface area contributed by atoms with Crippen LogP contribution in [0.5, 0.6) is 0 Å². The van der Waals surface area contributed by atoms with Gasteiger partial charge in [0.05, 0.1) is 7.11 Å². The number of methoxy groups -OCH3 is 1. The third-order valence-electron chi connectivity index (χ3n) is 3.56. The molecule has 0 saturated carbocycles. The zero-order chi connectivity index (χ0) is 13.7. The van der Waals surface area contributed by atoms with Crippen LogP contribution in [0.4, 0.5) is 0 Å². The smallest absolute Gasteiger partial charge is 0.305 e. The van der Waals surface area contributed by atoms with Crippen LogP contribution in [-0.2, 0) is 20.9 Å². The molecule has 0 aromatic heterocycles. The SMILES string of the molecule is COC(=O)CC[C@@H]1CCC(=O)N1Cc1ccccc1. The molecule has 0 aliphatic carbocycles. The number of carbonyl (C=O) groups excluding carboxylic acids is 2. The average molecular weight is 261 g/mol. The summed E-state index contributed by atoms with van der Waals surface area (Å²) in [6.07, 6.45) is 2.48. The van der Waals surface area contributed by atoms with Crippen LogP contribution in [0.3, 0.4) is 0 Å². The fourth-order valence-corrected chi connectivity index (χ4v) is 2.48. The number of esters is 1. The quantitative estimate of drug-likeness (QED) is 0.763. The van der Waals surface area contributed by atoms with E-state index in [9.17, 15) is 9.59 Å². The van der Waals surface area contributed by atoms with Gasteiger partial charge in [0.15, 0.2) is 0 Å². The number of rotatable bonds is 5. The molecule has 1 fully saturated rings. The first-order valence-corrected chi connectivity index (χ1v) is 6.61. The van der Waals surface area contributed by atoms with Crippen molar-refractivity contribution in [2.45, 2.75) is 38.3 Å². The molecule has 0 bridgehead atoms. The zero-order valence-corrected chi connectivity index (χ0v) is 11.2. The summed E-state index contributed by atoms with van der Waals surface area (Å²) < 4.78 is 4.65. The number of likely N-dealkylation sites (tertiary alicyclic amines) is 1. The van der Waals surface area contributed by atoms with Gasteiger partial charge in [-0.15, -0.1) is 0 Å². The zero-order valence-electron chi connectivity index (χ0n) is 11.2. The molecular formula is C15H19NO3. The van der Waals surface area contributed by atoms with Crippen molar-refractivity contribution in [3.63, 3.8) is 0 Å². The first-order chi connectivity index (χ1) is 9.20. The Morgan fingerprint density at radius 3 is 2.79 bits per heavy atom. The molecule has 1 aliphatic rings. The molecular weight excluding hydrogens is 242 g/mol. The van der Waals surface area contributed by atoms with Crippen LogP contribution in [-0.4, -0.2) is 29.9 Å². The van der Waals surface area contributed by atoms with Crippen LogP contribution in [0, 0.1) is 0 Å². The minimum absolute atomic E-state index is 0.159. The number of carbonyl (C=O) groups is 2. The molecule has 102 valence electrons. The summed E-state index contributed by atoms with van der Waals surface area (Å²) in [6, 6.07) is 10.1. The summed E-state index contributed by atoms with van der Waals surface area (Å²) in [6.45, 7) is 0.630. The minimum Gasteiger partial charge on any atom is -0.469 e. The van der Waals surface area contributed by atoms with Gasteiger partial charge in [-0.25, -0.2) is 0 Å². The third kappa shape index (κ3) is 3.56. The highest BCUT2D eigenvalue weighted by Crippen LogP contribution is 2.24. The molecule has 0 radical (unpaired) electrons. The standard InChI is InChI=1S/C15H19NO3/c1-19-15(18)10-8-13-7-9-14(17)16(13)11-12-5-3-2-4-6-12/h2-6,13H,7-11H2,1H3/t13-/m0/s1. The number of ether oxygens (including phenoxy) is 1. The van der Waals surface area contributed by atoms with Gasteiger partial charge in [0.2, 0.25) is 5.91 Å². The predicted molar refractivity (Wildman–Crippen MR) is 71.3 cm³/mol. The molecule has 0 spiro atoms. The highest BCUT2D eigenvalue weighted by atomic mass is 16.5. The van der Waals surface area contributed by atoms with Crippen molar-refractivity contribution in [3.05, 3.63) is 35.9 Å². The number of hydrogen-bond donors (Lipinski definition) is 0. The first-order valence-electron chi connectivity index (χ1n) is 6.61. The van der Waals surface area contributed by atoms with E-state index in [-0.39, 0.29) is 17.9 Å². The maximum absolute atomic E-state index is 11.9. The Morgan fingerprint density at radius 2 is 2.11 bits per heavy atom. The lowest BCUT2D eigenvalue weighted by Gasteiger charge is -2.24. The molecule has 0 N–H and O–H groups in total. The highest BCUT2D eigenvalue weighted by molar-refractivity contribution is 5.79. The Hall–Kier alpha value is -1.84. The van der Waals surface area contributed by atoms with Gasteiger partial charge >= 0.3 is 5.97 Å². The Bertz CT molecular complexity index is 444. The average Bonchev–Trinajstić information content (AvgIpc) is 2.78. The van der Waals surface area contributed by atoms with E-state index in [0.29, 0.717) is 25.8 Å². The van der Waals surface area contributed by atoms with Gasteiger partial charge in [0.25, 0.3) is 0 Å². The lowest BCUT2D eigenvalue weighted by Crippen LogP contribution is -2.32. The lowest BCUT2D eigenvalue weighted by molar-refractivity contribution is -0.141. The molecule has 0 unspecified atom stereocenters. The van der Waals surface area contributed by atoms with Crippen molar-refractivity contribution >= 4 is 11.9 Å². The second-order valence-electron chi connectivity index (χ2n) is 4.81. The van der Waals surface area contributed by atoms with Crippen LogP contribution >= 0.6 is 0 Å². The summed E-state index contributed by atoms with van der Waals surface area (Å²) in [5.41, 5.74) is 1.13. The predicted octanol–water partition coefficient (Wildman–Crippen LogP) is 2.13. The third-order valence-corrected chi connectivity index (χ3v) is 3.56. The van der Waals surface area contributed by atoms with Gasteiger partial charge in [-0.3, -0.25) is 9.59 Å². The fraction of sp³-hybridized carbons (Fsp3) is 0.467. The molecule has 1 aromatic rings. The van der Waals surface area contributed by atoms with Crippen LogP contribution in [0.15, 0.2) is 30.3 Å². The second kappa shape index (κ2) is 6.36. The van der Waals surface area contributed by atoms with E-state index in [1.165, 1.54) is 7.11 Å². The Morgan fingerprint density at radius 1 is 1.37 bits per heavy atom. The van der Waals surface area contributed by atoms with Gasteiger partial charge in [0.1, 0.15) is 0 Å². The van der Waals surface area contributed by atoms with E-state index in [0.717, 1.165) is 12.0 Å². The molecule has 19 heavy (non-hydrogen) atoms. The molecule has 2 rings (SSSR count). The van der Waals surface area contributed by atoms with Crippen molar-refractivity contribution in [2.24, 2.45) is 0 Å². The summed E-state index contributed by atoms with van der Waals surface area (Å²) >= 11 is 0. The Kier molecular flexibility index (Phi) is 4.55. The van der Waals surface area contributed by atoms with E-state index >= 15 is 0 Å². The molecule has 1 aliphatic heterocycles. The van der Waals surface area contributed by atoms with Crippen LogP contribution in [0.2, 0.25) is 0 Å². The summed E-state index contributed by atoms with van der Waals surface area (Å²) in [4.78, 5) is 25.0. The van der Waals surface area contributed by atoms with E-state index in [4.69, 9.17) is 0 Å². The molecule has 1 aromatic carbocycles. The summed E-state index contributed by atoms with van der Waals surface area (Å²) in [7, 11) is 1.39. The van der Waals surface area contributed by atoms with E-state index in [1.54, 1.807) is 0 Å².